The largest absolute Gasteiger partial charge is 0.361 e. The van der Waals surface area contributed by atoms with Gasteiger partial charge in [0.1, 0.15) is 5.76 Å². The first kappa shape index (κ1) is 16.8. The Labute approximate surface area is 141 Å². The number of nitrogens with one attached hydrogen (secondary N) is 1. The molecule has 1 aromatic heterocycles. The van der Waals surface area contributed by atoms with Gasteiger partial charge in [0.25, 0.3) is 0 Å². The number of piperazine rings is 1. The van der Waals surface area contributed by atoms with Gasteiger partial charge in [-0.3, -0.25) is 9.69 Å². The lowest BCUT2D eigenvalue weighted by atomic mass is 10.2. The molecule has 0 aromatic carbocycles. The van der Waals surface area contributed by atoms with Crippen molar-refractivity contribution in [1.29, 1.82) is 0 Å². The van der Waals surface area contributed by atoms with Crippen LogP contribution in [0, 0.1) is 13.8 Å². The van der Waals surface area contributed by atoms with Gasteiger partial charge in [-0.05, 0) is 20.3 Å². The summed E-state index contributed by atoms with van der Waals surface area (Å²) in [6.45, 7) is 10.0. The number of aromatic nitrogens is 1. The molecule has 0 radical (unpaired) electrons. The van der Waals surface area contributed by atoms with Crippen molar-refractivity contribution in [3.63, 3.8) is 0 Å². The van der Waals surface area contributed by atoms with Crippen LogP contribution in [0.1, 0.15) is 23.4 Å². The van der Waals surface area contributed by atoms with E-state index in [-0.39, 0.29) is 5.91 Å². The molecule has 0 aliphatic carbocycles. The molecule has 0 saturated carbocycles. The highest BCUT2D eigenvalue weighted by atomic mass is 32.2. The van der Waals surface area contributed by atoms with Crippen molar-refractivity contribution in [1.82, 2.24) is 20.3 Å². The zero-order chi connectivity index (χ0) is 16.2. The molecule has 2 saturated heterocycles. The van der Waals surface area contributed by atoms with E-state index in [1.807, 2.05) is 18.7 Å². The van der Waals surface area contributed by atoms with Crippen molar-refractivity contribution >= 4 is 17.7 Å². The Morgan fingerprint density at radius 2 is 2.13 bits per heavy atom. The van der Waals surface area contributed by atoms with E-state index in [0.29, 0.717) is 11.8 Å². The second kappa shape index (κ2) is 7.68. The number of carbonyl (C=O) groups excluding carboxylic acids is 1. The summed E-state index contributed by atoms with van der Waals surface area (Å²) in [5, 5.41) is 7.34. The van der Waals surface area contributed by atoms with Gasteiger partial charge < -0.3 is 14.7 Å². The first-order valence-corrected chi connectivity index (χ1v) is 9.52. The predicted octanol–water partition coefficient (Wildman–Crippen LogP) is 1.03. The van der Waals surface area contributed by atoms with E-state index in [2.05, 4.69) is 15.4 Å². The van der Waals surface area contributed by atoms with Gasteiger partial charge in [0.2, 0.25) is 5.91 Å². The third kappa shape index (κ3) is 4.08. The molecule has 2 aliphatic rings. The van der Waals surface area contributed by atoms with E-state index < -0.39 is 0 Å². The van der Waals surface area contributed by atoms with Gasteiger partial charge in [-0.2, -0.15) is 0 Å². The van der Waals surface area contributed by atoms with Gasteiger partial charge in [-0.25, -0.2) is 0 Å². The van der Waals surface area contributed by atoms with E-state index in [0.717, 1.165) is 68.5 Å². The molecule has 3 heterocycles. The molecule has 0 spiro atoms. The van der Waals surface area contributed by atoms with Gasteiger partial charge in [-0.1, -0.05) is 5.16 Å². The molecule has 0 bridgehead atoms. The van der Waals surface area contributed by atoms with E-state index in [1.54, 1.807) is 11.8 Å². The molecule has 1 atom stereocenters. The lowest BCUT2D eigenvalue weighted by Gasteiger charge is -2.32. The summed E-state index contributed by atoms with van der Waals surface area (Å²) >= 11 is 1.66. The minimum atomic E-state index is 0.263. The van der Waals surface area contributed by atoms with Crippen LogP contribution >= 0.6 is 11.8 Å². The molecule has 1 N–H and O–H groups in total. The second-order valence-electron chi connectivity index (χ2n) is 6.36. The zero-order valence-corrected chi connectivity index (χ0v) is 14.8. The summed E-state index contributed by atoms with van der Waals surface area (Å²) < 4.78 is 5.16. The molecule has 3 rings (SSSR count). The summed E-state index contributed by atoms with van der Waals surface area (Å²) in [6.07, 6.45) is 1.11. The second-order valence-corrected chi connectivity index (χ2v) is 7.35. The number of thioether (sulfide) groups is 1. The van der Waals surface area contributed by atoms with Gasteiger partial charge in [-0.15, -0.1) is 11.8 Å². The smallest absolute Gasteiger partial charge is 0.232 e. The number of aryl methyl sites for hydroxylation is 2. The van der Waals surface area contributed by atoms with Crippen LogP contribution in [0.2, 0.25) is 0 Å². The van der Waals surface area contributed by atoms with Crippen LogP contribution in [-0.4, -0.2) is 71.9 Å². The minimum Gasteiger partial charge on any atom is -0.361 e. The Morgan fingerprint density at radius 3 is 2.83 bits per heavy atom. The zero-order valence-electron chi connectivity index (χ0n) is 14.0. The van der Waals surface area contributed by atoms with Crippen molar-refractivity contribution in [2.24, 2.45) is 0 Å². The number of hydrogen-bond acceptors (Lipinski definition) is 6. The molecule has 2 aliphatic heterocycles. The average molecular weight is 338 g/mol. The Morgan fingerprint density at radius 1 is 1.35 bits per heavy atom. The highest BCUT2D eigenvalue weighted by Gasteiger charge is 2.30. The third-order valence-electron chi connectivity index (χ3n) is 4.84. The van der Waals surface area contributed by atoms with Crippen molar-refractivity contribution in [3.8, 4) is 0 Å². The first-order valence-electron chi connectivity index (χ1n) is 8.37. The summed E-state index contributed by atoms with van der Waals surface area (Å²) in [4.78, 5) is 17.0. The van der Waals surface area contributed by atoms with E-state index in [9.17, 15) is 4.79 Å². The lowest BCUT2D eigenvalue weighted by Crippen LogP contribution is -2.49. The molecule has 7 heteroatoms. The monoisotopic (exact) mass is 338 g/mol. The number of nitrogens with zero attached hydrogens (tertiary/aromatic N) is 3. The van der Waals surface area contributed by atoms with Crippen LogP contribution in [0.25, 0.3) is 0 Å². The fourth-order valence-corrected chi connectivity index (χ4v) is 4.43. The molecule has 1 unspecified atom stereocenters. The van der Waals surface area contributed by atoms with Gasteiger partial charge in [0.15, 0.2) is 0 Å². The van der Waals surface area contributed by atoms with Crippen LogP contribution in [-0.2, 0) is 10.5 Å². The summed E-state index contributed by atoms with van der Waals surface area (Å²) in [6, 6.07) is 0.550. The maximum Gasteiger partial charge on any atom is 0.232 e. The summed E-state index contributed by atoms with van der Waals surface area (Å²) in [5.74, 6) is 2.46. The van der Waals surface area contributed by atoms with Crippen LogP contribution in [0.15, 0.2) is 4.52 Å². The van der Waals surface area contributed by atoms with Crippen molar-refractivity contribution < 1.29 is 9.32 Å². The molecule has 2 fully saturated rings. The highest BCUT2D eigenvalue weighted by molar-refractivity contribution is 7.99. The minimum absolute atomic E-state index is 0.263. The van der Waals surface area contributed by atoms with Gasteiger partial charge in [0, 0.05) is 56.6 Å². The van der Waals surface area contributed by atoms with Crippen LogP contribution in [0.5, 0.6) is 0 Å². The maximum absolute atomic E-state index is 12.4. The lowest BCUT2D eigenvalue weighted by molar-refractivity contribution is -0.127. The quantitative estimate of drug-likeness (QED) is 0.865. The Hall–Kier alpha value is -1.05. The third-order valence-corrected chi connectivity index (χ3v) is 5.78. The van der Waals surface area contributed by atoms with Crippen molar-refractivity contribution in [2.45, 2.75) is 32.1 Å². The molecule has 1 aromatic rings. The van der Waals surface area contributed by atoms with Gasteiger partial charge in [0.05, 0.1) is 11.4 Å². The van der Waals surface area contributed by atoms with E-state index in [1.165, 1.54) is 0 Å². The van der Waals surface area contributed by atoms with Crippen LogP contribution < -0.4 is 5.32 Å². The number of rotatable bonds is 5. The highest BCUT2D eigenvalue weighted by Crippen LogP contribution is 2.21. The summed E-state index contributed by atoms with van der Waals surface area (Å²) in [5.41, 5.74) is 2.06. The molecular formula is C16H26N4O2S. The Kier molecular flexibility index (Phi) is 5.61. The van der Waals surface area contributed by atoms with Gasteiger partial charge >= 0.3 is 0 Å². The standard InChI is InChI=1S/C16H26N4O2S/c1-12-15(13(2)22-18-12)10-23-11-16(21)20-6-3-14(9-20)19-7-4-17-5-8-19/h14,17H,3-11H2,1-2H3. The van der Waals surface area contributed by atoms with Crippen molar-refractivity contribution in [2.75, 3.05) is 45.0 Å². The van der Waals surface area contributed by atoms with E-state index in [4.69, 9.17) is 4.52 Å². The average Bonchev–Trinajstić information content (AvgIpc) is 3.18. The molecule has 6 nitrogen and oxygen atoms in total. The van der Waals surface area contributed by atoms with Crippen LogP contribution in [0.4, 0.5) is 0 Å². The Balaban J connectivity index is 1.42. The predicted molar refractivity (Wildman–Crippen MR) is 91.6 cm³/mol. The molecule has 23 heavy (non-hydrogen) atoms. The first-order chi connectivity index (χ1) is 11.1. The number of hydrogen-bond donors (Lipinski definition) is 1. The molecule has 128 valence electrons. The molecule has 1 amide bonds. The van der Waals surface area contributed by atoms with Crippen molar-refractivity contribution in [3.05, 3.63) is 17.0 Å². The Bertz CT molecular complexity index is 523. The fraction of sp³-hybridized carbons (Fsp3) is 0.750. The van der Waals surface area contributed by atoms with Crippen LogP contribution in [0.3, 0.4) is 0 Å². The number of likely N-dealkylation sites (tertiary alicyclic amines) is 1. The maximum atomic E-state index is 12.4. The normalized spacial score (nSPS) is 22.7. The SMILES string of the molecule is Cc1noc(C)c1CSCC(=O)N1CCC(N2CCNCC2)C1. The number of carbonyl (C=O) groups is 1. The number of amides is 1. The fourth-order valence-electron chi connectivity index (χ4n) is 3.35. The summed E-state index contributed by atoms with van der Waals surface area (Å²) in [7, 11) is 0. The molecular weight excluding hydrogens is 312 g/mol. The topological polar surface area (TPSA) is 61.6 Å². The van der Waals surface area contributed by atoms with E-state index >= 15 is 0 Å².